The van der Waals surface area contributed by atoms with Gasteiger partial charge in [-0.15, -0.1) is 0 Å². The van der Waals surface area contributed by atoms with Gasteiger partial charge in [0.05, 0.1) is 19.3 Å². The lowest BCUT2D eigenvalue weighted by molar-refractivity contribution is -0.173. The highest BCUT2D eigenvalue weighted by Gasteiger charge is 2.27. The Hall–Kier alpha value is -1.08. The molecule has 0 aliphatic rings. The molecule has 1 aromatic heterocycles. The predicted molar refractivity (Wildman–Crippen MR) is 56.7 cm³/mol. The Bertz CT molecular complexity index is 325. The van der Waals surface area contributed by atoms with Crippen LogP contribution in [0.1, 0.15) is 5.56 Å². The van der Waals surface area contributed by atoms with Gasteiger partial charge >= 0.3 is 6.18 Å². The maximum atomic E-state index is 11.7. The highest BCUT2D eigenvalue weighted by molar-refractivity contribution is 4.99. The molecule has 0 aliphatic carbocycles. The molecule has 0 saturated heterocycles. The van der Waals surface area contributed by atoms with Crippen molar-refractivity contribution in [2.45, 2.75) is 19.6 Å². The minimum atomic E-state index is -4.24. The number of rotatable bonds is 7. The minimum Gasteiger partial charge on any atom is -0.371 e. The van der Waals surface area contributed by atoms with Crippen LogP contribution in [0.3, 0.4) is 0 Å². The summed E-state index contributed by atoms with van der Waals surface area (Å²) in [6.45, 7) is 2.55. The Kier molecular flexibility index (Phi) is 5.43. The van der Waals surface area contributed by atoms with Gasteiger partial charge in [-0.25, -0.2) is 0 Å². The van der Waals surface area contributed by atoms with Gasteiger partial charge in [-0.2, -0.15) is 18.3 Å². The van der Waals surface area contributed by atoms with Crippen molar-refractivity contribution in [3.63, 3.8) is 0 Å². The highest BCUT2D eigenvalue weighted by atomic mass is 19.4. The largest absolute Gasteiger partial charge is 0.411 e. The zero-order chi connectivity index (χ0) is 12.7. The number of hydrogen-bond acceptors (Lipinski definition) is 3. The average Bonchev–Trinajstić information content (AvgIpc) is 2.61. The second kappa shape index (κ2) is 6.61. The fraction of sp³-hybridized carbons (Fsp3) is 0.700. The van der Waals surface area contributed by atoms with Crippen molar-refractivity contribution in [2.75, 3.05) is 26.3 Å². The van der Waals surface area contributed by atoms with Gasteiger partial charge in [0.25, 0.3) is 0 Å². The number of ether oxygens (including phenoxy) is 1. The van der Waals surface area contributed by atoms with E-state index < -0.39 is 12.8 Å². The molecule has 1 N–H and O–H groups in total. The molecule has 0 fully saturated rings. The molecule has 0 atom stereocenters. The van der Waals surface area contributed by atoms with Crippen LogP contribution in [0.15, 0.2) is 12.4 Å². The molecule has 17 heavy (non-hydrogen) atoms. The van der Waals surface area contributed by atoms with E-state index in [0.717, 1.165) is 5.56 Å². The number of aromatic nitrogens is 2. The average molecular weight is 251 g/mol. The van der Waals surface area contributed by atoms with Gasteiger partial charge in [0, 0.05) is 19.3 Å². The quantitative estimate of drug-likeness (QED) is 0.744. The molecule has 0 saturated carbocycles. The third-order valence-electron chi connectivity index (χ3n) is 1.97. The van der Waals surface area contributed by atoms with Crippen LogP contribution < -0.4 is 5.32 Å². The van der Waals surface area contributed by atoms with Crippen molar-refractivity contribution in [3.05, 3.63) is 18.0 Å². The standard InChI is InChI=1S/C10H16F3N3O/c1-9-6-15-16(7-9)4-2-14-3-5-17-8-10(11,12)13/h6-7,14H,2-5,8H2,1H3. The third kappa shape index (κ3) is 6.96. The van der Waals surface area contributed by atoms with Crippen LogP contribution in [0.5, 0.6) is 0 Å². The second-order valence-corrected chi connectivity index (χ2v) is 3.70. The SMILES string of the molecule is Cc1cnn(CCNCCOCC(F)(F)F)c1. The van der Waals surface area contributed by atoms with Crippen molar-refractivity contribution in [1.82, 2.24) is 15.1 Å². The number of nitrogens with one attached hydrogen (secondary N) is 1. The summed E-state index contributed by atoms with van der Waals surface area (Å²) in [6, 6.07) is 0. The van der Waals surface area contributed by atoms with Gasteiger partial charge in [-0.05, 0) is 12.5 Å². The minimum absolute atomic E-state index is 0.0532. The Morgan fingerprint density at radius 3 is 2.76 bits per heavy atom. The summed E-state index contributed by atoms with van der Waals surface area (Å²) in [5, 5.41) is 7.05. The molecule has 1 heterocycles. The maximum Gasteiger partial charge on any atom is 0.411 e. The molecule has 0 aliphatic heterocycles. The molecule has 0 spiro atoms. The first-order chi connectivity index (χ1) is 7.97. The van der Waals surface area contributed by atoms with E-state index in [-0.39, 0.29) is 6.61 Å². The van der Waals surface area contributed by atoms with Gasteiger partial charge in [0.15, 0.2) is 0 Å². The van der Waals surface area contributed by atoms with Crippen molar-refractivity contribution in [2.24, 2.45) is 0 Å². The van der Waals surface area contributed by atoms with Crippen LogP contribution >= 0.6 is 0 Å². The number of alkyl halides is 3. The fourth-order valence-electron chi connectivity index (χ4n) is 1.24. The summed E-state index contributed by atoms with van der Waals surface area (Å²) < 4.78 is 41.3. The molecule has 98 valence electrons. The molecular formula is C10H16F3N3O. The van der Waals surface area contributed by atoms with E-state index in [4.69, 9.17) is 0 Å². The summed E-state index contributed by atoms with van der Waals surface area (Å²) in [5.74, 6) is 0. The van der Waals surface area contributed by atoms with E-state index >= 15 is 0 Å². The number of nitrogens with zero attached hydrogens (tertiary/aromatic N) is 2. The monoisotopic (exact) mass is 251 g/mol. The Morgan fingerprint density at radius 1 is 1.41 bits per heavy atom. The lowest BCUT2D eigenvalue weighted by Crippen LogP contribution is -2.26. The fourth-order valence-corrected chi connectivity index (χ4v) is 1.24. The molecule has 0 aromatic carbocycles. The van der Waals surface area contributed by atoms with Crippen LogP contribution in [0.2, 0.25) is 0 Å². The van der Waals surface area contributed by atoms with E-state index in [1.165, 1.54) is 0 Å². The summed E-state index contributed by atoms with van der Waals surface area (Å²) in [6.07, 6.45) is -0.582. The lowest BCUT2D eigenvalue weighted by Gasteiger charge is -2.08. The van der Waals surface area contributed by atoms with E-state index in [2.05, 4.69) is 15.2 Å². The first-order valence-corrected chi connectivity index (χ1v) is 5.31. The lowest BCUT2D eigenvalue weighted by atomic mass is 10.4. The first kappa shape index (κ1) is 14.0. The second-order valence-electron chi connectivity index (χ2n) is 3.70. The van der Waals surface area contributed by atoms with Gasteiger partial charge in [0.2, 0.25) is 0 Å². The first-order valence-electron chi connectivity index (χ1n) is 5.31. The zero-order valence-corrected chi connectivity index (χ0v) is 9.63. The molecule has 0 amide bonds. The van der Waals surface area contributed by atoms with Crippen LogP contribution in [0.25, 0.3) is 0 Å². The summed E-state index contributed by atoms with van der Waals surface area (Å²) in [7, 11) is 0. The van der Waals surface area contributed by atoms with Crippen molar-refractivity contribution in [1.29, 1.82) is 0 Å². The Morgan fingerprint density at radius 2 is 2.18 bits per heavy atom. The molecular weight excluding hydrogens is 235 g/mol. The highest BCUT2D eigenvalue weighted by Crippen LogP contribution is 2.13. The van der Waals surface area contributed by atoms with Gasteiger partial charge < -0.3 is 10.1 Å². The number of hydrogen-bond donors (Lipinski definition) is 1. The van der Waals surface area contributed by atoms with Crippen LogP contribution in [0.4, 0.5) is 13.2 Å². The number of halogens is 3. The predicted octanol–water partition coefficient (Wildman–Crippen LogP) is 1.36. The zero-order valence-electron chi connectivity index (χ0n) is 9.63. The molecule has 1 aromatic rings. The Balaban J connectivity index is 1.95. The van der Waals surface area contributed by atoms with Crippen molar-refractivity contribution >= 4 is 0 Å². The Labute approximate surface area is 97.8 Å². The third-order valence-corrected chi connectivity index (χ3v) is 1.97. The van der Waals surface area contributed by atoms with Gasteiger partial charge in [0.1, 0.15) is 6.61 Å². The normalized spacial score (nSPS) is 12.0. The van der Waals surface area contributed by atoms with E-state index in [1.807, 2.05) is 13.1 Å². The molecule has 4 nitrogen and oxygen atoms in total. The van der Waals surface area contributed by atoms with Gasteiger partial charge in [-0.3, -0.25) is 4.68 Å². The van der Waals surface area contributed by atoms with Crippen molar-refractivity contribution in [3.8, 4) is 0 Å². The number of aryl methyl sites for hydroxylation is 1. The summed E-state index contributed by atoms with van der Waals surface area (Å²) >= 11 is 0. The molecule has 0 unspecified atom stereocenters. The molecule has 7 heteroatoms. The summed E-state index contributed by atoms with van der Waals surface area (Å²) in [5.41, 5.74) is 1.08. The van der Waals surface area contributed by atoms with E-state index in [1.54, 1.807) is 10.9 Å². The maximum absolute atomic E-state index is 11.7. The molecule has 0 bridgehead atoms. The van der Waals surface area contributed by atoms with Crippen LogP contribution in [0, 0.1) is 6.92 Å². The smallest absolute Gasteiger partial charge is 0.371 e. The van der Waals surface area contributed by atoms with Crippen LogP contribution in [-0.4, -0.2) is 42.3 Å². The topological polar surface area (TPSA) is 39.1 Å². The molecule has 1 rings (SSSR count). The van der Waals surface area contributed by atoms with Gasteiger partial charge in [-0.1, -0.05) is 0 Å². The van der Waals surface area contributed by atoms with Crippen molar-refractivity contribution < 1.29 is 17.9 Å². The van der Waals surface area contributed by atoms with Crippen LogP contribution in [-0.2, 0) is 11.3 Å². The van der Waals surface area contributed by atoms with E-state index in [0.29, 0.717) is 19.6 Å². The molecule has 0 radical (unpaired) electrons. The summed E-state index contributed by atoms with van der Waals surface area (Å²) in [4.78, 5) is 0. The van der Waals surface area contributed by atoms with E-state index in [9.17, 15) is 13.2 Å².